The molecule has 25 heavy (non-hydrogen) atoms. The van der Waals surface area contributed by atoms with Gasteiger partial charge in [0.15, 0.2) is 0 Å². The van der Waals surface area contributed by atoms with Gasteiger partial charge in [0, 0.05) is 12.1 Å². The van der Waals surface area contributed by atoms with Gasteiger partial charge in [0.25, 0.3) is 5.91 Å². The molecule has 2 heterocycles. The normalized spacial score (nSPS) is 23.9. The topological polar surface area (TPSA) is 99.3 Å². The van der Waals surface area contributed by atoms with Crippen LogP contribution in [0.15, 0.2) is 24.3 Å². The second-order valence-electron chi connectivity index (χ2n) is 6.89. The lowest BCUT2D eigenvalue weighted by atomic mass is 9.92. The standard InChI is InChI=1S/C18H24N4O3/c1-18(16(24)21-17(25)22-18)13-3-2-4-14(11-13)20-15(23)6-5-12-7-9-19-10-8-12/h2-4,11-12,19H,5-10H2,1H3,(H,20,23)(H2,21,22,24,25). The molecular weight excluding hydrogens is 320 g/mol. The lowest BCUT2D eigenvalue weighted by molar-refractivity contribution is -0.123. The molecule has 1 aromatic rings. The van der Waals surface area contributed by atoms with E-state index >= 15 is 0 Å². The van der Waals surface area contributed by atoms with Crippen molar-refractivity contribution in [2.24, 2.45) is 5.92 Å². The van der Waals surface area contributed by atoms with E-state index in [1.54, 1.807) is 31.2 Å². The summed E-state index contributed by atoms with van der Waals surface area (Å²) >= 11 is 0. The van der Waals surface area contributed by atoms with Gasteiger partial charge in [-0.25, -0.2) is 4.79 Å². The van der Waals surface area contributed by atoms with E-state index in [9.17, 15) is 14.4 Å². The van der Waals surface area contributed by atoms with E-state index in [0.29, 0.717) is 23.6 Å². The first-order valence-electron chi connectivity index (χ1n) is 8.72. The molecule has 0 bridgehead atoms. The zero-order valence-electron chi connectivity index (χ0n) is 14.4. The monoisotopic (exact) mass is 344 g/mol. The summed E-state index contributed by atoms with van der Waals surface area (Å²) in [6.45, 7) is 3.70. The second-order valence-corrected chi connectivity index (χ2v) is 6.89. The van der Waals surface area contributed by atoms with Gasteiger partial charge < -0.3 is 16.0 Å². The molecule has 1 atom stereocenters. The Morgan fingerprint density at radius 3 is 2.72 bits per heavy atom. The Kier molecular flexibility index (Phi) is 5.03. The fraction of sp³-hybridized carbons (Fsp3) is 0.500. The van der Waals surface area contributed by atoms with Crippen molar-refractivity contribution >= 4 is 23.5 Å². The van der Waals surface area contributed by atoms with Crippen LogP contribution in [0, 0.1) is 5.92 Å². The van der Waals surface area contributed by atoms with Crippen LogP contribution in [0.3, 0.4) is 0 Å². The predicted octanol–water partition coefficient (Wildman–Crippen LogP) is 1.46. The van der Waals surface area contributed by atoms with Crippen molar-refractivity contribution in [2.75, 3.05) is 18.4 Å². The largest absolute Gasteiger partial charge is 0.326 e. The van der Waals surface area contributed by atoms with Crippen molar-refractivity contribution in [3.8, 4) is 0 Å². The summed E-state index contributed by atoms with van der Waals surface area (Å²) in [5.41, 5.74) is 0.141. The summed E-state index contributed by atoms with van der Waals surface area (Å²) in [4.78, 5) is 35.7. The quantitative estimate of drug-likeness (QED) is 0.608. The van der Waals surface area contributed by atoms with Crippen molar-refractivity contribution in [2.45, 2.75) is 38.1 Å². The van der Waals surface area contributed by atoms with Crippen molar-refractivity contribution in [1.82, 2.24) is 16.0 Å². The number of nitrogens with one attached hydrogen (secondary N) is 4. The van der Waals surface area contributed by atoms with Crippen LogP contribution >= 0.6 is 0 Å². The van der Waals surface area contributed by atoms with Gasteiger partial charge in [-0.15, -0.1) is 0 Å². The molecule has 2 fully saturated rings. The van der Waals surface area contributed by atoms with E-state index in [1.807, 2.05) is 0 Å². The zero-order chi connectivity index (χ0) is 17.9. The molecule has 0 aliphatic carbocycles. The number of urea groups is 1. The number of benzene rings is 1. The Labute approximate surface area is 146 Å². The van der Waals surface area contributed by atoms with Crippen LogP contribution in [0.4, 0.5) is 10.5 Å². The number of piperidine rings is 1. The van der Waals surface area contributed by atoms with Crippen molar-refractivity contribution in [3.63, 3.8) is 0 Å². The molecule has 0 saturated carbocycles. The minimum atomic E-state index is -1.12. The van der Waals surface area contributed by atoms with Gasteiger partial charge in [0.1, 0.15) is 5.54 Å². The first-order chi connectivity index (χ1) is 12.0. The Morgan fingerprint density at radius 2 is 2.04 bits per heavy atom. The molecule has 0 radical (unpaired) electrons. The molecular formula is C18H24N4O3. The number of anilines is 1. The average molecular weight is 344 g/mol. The van der Waals surface area contributed by atoms with Crippen LogP contribution < -0.4 is 21.3 Å². The first kappa shape index (κ1) is 17.4. The molecule has 2 aliphatic heterocycles. The zero-order valence-corrected chi connectivity index (χ0v) is 14.4. The fourth-order valence-corrected chi connectivity index (χ4v) is 3.38. The number of rotatable bonds is 5. The molecule has 1 aromatic carbocycles. The number of imide groups is 1. The van der Waals surface area contributed by atoms with Gasteiger partial charge in [0.2, 0.25) is 5.91 Å². The van der Waals surface area contributed by atoms with Gasteiger partial charge >= 0.3 is 6.03 Å². The molecule has 2 saturated heterocycles. The molecule has 7 heteroatoms. The van der Waals surface area contributed by atoms with Crippen LogP contribution in [-0.4, -0.2) is 30.9 Å². The minimum Gasteiger partial charge on any atom is -0.326 e. The summed E-state index contributed by atoms with van der Waals surface area (Å²) < 4.78 is 0. The maximum atomic E-state index is 12.2. The number of carbonyl (C=O) groups is 3. The minimum absolute atomic E-state index is 0.0271. The summed E-state index contributed by atoms with van der Waals surface area (Å²) in [5, 5.41) is 11.1. The van der Waals surface area contributed by atoms with Crippen molar-refractivity contribution in [3.05, 3.63) is 29.8 Å². The van der Waals surface area contributed by atoms with Crippen molar-refractivity contribution in [1.29, 1.82) is 0 Å². The number of amides is 4. The van der Waals surface area contributed by atoms with Crippen LogP contribution in [0.25, 0.3) is 0 Å². The molecule has 4 amide bonds. The molecule has 134 valence electrons. The van der Waals surface area contributed by atoms with Crippen LogP contribution in [0.2, 0.25) is 0 Å². The molecule has 3 rings (SSSR count). The highest BCUT2D eigenvalue weighted by molar-refractivity contribution is 6.07. The Bertz CT molecular complexity index is 685. The van der Waals surface area contributed by atoms with Gasteiger partial charge in [-0.2, -0.15) is 0 Å². The van der Waals surface area contributed by atoms with E-state index in [-0.39, 0.29) is 5.91 Å². The summed E-state index contributed by atoms with van der Waals surface area (Å²) in [5.74, 6) is 0.183. The average Bonchev–Trinajstić information content (AvgIpc) is 2.87. The van der Waals surface area contributed by atoms with Gasteiger partial charge in [-0.1, -0.05) is 12.1 Å². The van der Waals surface area contributed by atoms with E-state index < -0.39 is 17.5 Å². The number of carbonyl (C=O) groups excluding carboxylic acids is 3. The van der Waals surface area contributed by atoms with E-state index in [1.165, 1.54) is 0 Å². The Balaban J connectivity index is 1.60. The van der Waals surface area contributed by atoms with Crippen LogP contribution in [0.1, 0.15) is 38.2 Å². The molecule has 7 nitrogen and oxygen atoms in total. The maximum absolute atomic E-state index is 12.2. The van der Waals surface area contributed by atoms with Crippen LogP contribution in [0.5, 0.6) is 0 Å². The summed E-state index contributed by atoms with van der Waals surface area (Å²) in [7, 11) is 0. The lowest BCUT2D eigenvalue weighted by Crippen LogP contribution is -2.40. The molecule has 2 aliphatic rings. The highest BCUT2D eigenvalue weighted by atomic mass is 16.2. The third-order valence-corrected chi connectivity index (χ3v) is 5.01. The highest BCUT2D eigenvalue weighted by Crippen LogP contribution is 2.26. The van der Waals surface area contributed by atoms with E-state index in [0.717, 1.165) is 32.4 Å². The molecule has 0 spiro atoms. The highest BCUT2D eigenvalue weighted by Gasteiger charge is 2.43. The summed E-state index contributed by atoms with van der Waals surface area (Å²) in [6, 6.07) is 6.53. The van der Waals surface area contributed by atoms with Crippen LogP contribution in [-0.2, 0) is 15.1 Å². The van der Waals surface area contributed by atoms with E-state index in [2.05, 4.69) is 21.3 Å². The third kappa shape index (κ3) is 3.99. The molecule has 0 aromatic heterocycles. The van der Waals surface area contributed by atoms with Gasteiger partial charge in [-0.3, -0.25) is 14.9 Å². The Morgan fingerprint density at radius 1 is 1.28 bits per heavy atom. The lowest BCUT2D eigenvalue weighted by Gasteiger charge is -2.23. The molecule has 1 unspecified atom stereocenters. The number of hydrogen-bond acceptors (Lipinski definition) is 4. The predicted molar refractivity (Wildman–Crippen MR) is 93.9 cm³/mol. The number of hydrogen-bond donors (Lipinski definition) is 4. The fourth-order valence-electron chi connectivity index (χ4n) is 3.38. The summed E-state index contributed by atoms with van der Waals surface area (Å²) in [6.07, 6.45) is 3.62. The van der Waals surface area contributed by atoms with Gasteiger partial charge in [0.05, 0.1) is 0 Å². The molecule has 4 N–H and O–H groups in total. The third-order valence-electron chi connectivity index (χ3n) is 5.01. The Hall–Kier alpha value is -2.41. The van der Waals surface area contributed by atoms with Gasteiger partial charge in [-0.05, 0) is 62.9 Å². The van der Waals surface area contributed by atoms with E-state index in [4.69, 9.17) is 0 Å². The van der Waals surface area contributed by atoms with Crippen molar-refractivity contribution < 1.29 is 14.4 Å². The SMILES string of the molecule is CC1(c2cccc(NC(=O)CCC3CCNCC3)c2)NC(=O)NC1=O. The maximum Gasteiger partial charge on any atom is 0.322 e. The smallest absolute Gasteiger partial charge is 0.322 e. The first-order valence-corrected chi connectivity index (χ1v) is 8.72. The second kappa shape index (κ2) is 7.23.